The minimum Gasteiger partial charge on any atom is -0.369 e. The quantitative estimate of drug-likeness (QED) is 0.590. The summed E-state index contributed by atoms with van der Waals surface area (Å²) in [5.74, 6) is 0.329. The van der Waals surface area contributed by atoms with Gasteiger partial charge in [-0.25, -0.2) is 4.98 Å². The molecule has 0 radical (unpaired) electrons. The van der Waals surface area contributed by atoms with E-state index >= 15 is 0 Å². The van der Waals surface area contributed by atoms with Crippen LogP contribution in [0, 0.1) is 19.8 Å². The number of pyridine rings is 1. The van der Waals surface area contributed by atoms with Crippen LogP contribution in [0.25, 0.3) is 10.9 Å². The third-order valence-corrected chi connectivity index (χ3v) is 6.34. The highest BCUT2D eigenvalue weighted by Gasteiger charge is 2.26. The number of para-hydroxylation sites is 1. The fourth-order valence-electron chi connectivity index (χ4n) is 4.46. The SMILES string of the molecule is CCn1nc(C)c(CN2CCO[C@@H](c3cc(C(=O)NCC(C)C)c4ccccc4n3)C2)c1C. The Balaban J connectivity index is 1.59. The number of aromatic nitrogens is 3. The minimum absolute atomic E-state index is 0.0607. The lowest BCUT2D eigenvalue weighted by atomic mass is 10.0. The van der Waals surface area contributed by atoms with Crippen molar-refractivity contribution < 1.29 is 9.53 Å². The molecule has 1 aliphatic rings. The van der Waals surface area contributed by atoms with Crippen molar-refractivity contribution in [3.63, 3.8) is 0 Å². The number of hydrogen-bond donors (Lipinski definition) is 1. The first kappa shape index (κ1) is 23.4. The summed E-state index contributed by atoms with van der Waals surface area (Å²) in [5, 5.41) is 8.59. The first-order valence-corrected chi connectivity index (χ1v) is 11.9. The Hall–Kier alpha value is -2.77. The molecule has 1 aliphatic heterocycles. The fourth-order valence-corrected chi connectivity index (χ4v) is 4.46. The molecule has 1 saturated heterocycles. The Morgan fingerprint density at radius 3 is 2.79 bits per heavy atom. The second-order valence-corrected chi connectivity index (χ2v) is 9.28. The predicted octanol–water partition coefficient (Wildman–Crippen LogP) is 4.03. The van der Waals surface area contributed by atoms with Crippen molar-refractivity contribution in [2.45, 2.75) is 53.8 Å². The topological polar surface area (TPSA) is 72.3 Å². The maximum Gasteiger partial charge on any atom is 0.252 e. The van der Waals surface area contributed by atoms with Gasteiger partial charge in [0.15, 0.2) is 0 Å². The number of hydrogen-bond acceptors (Lipinski definition) is 5. The monoisotopic (exact) mass is 449 g/mol. The lowest BCUT2D eigenvalue weighted by molar-refractivity contribution is -0.0349. The van der Waals surface area contributed by atoms with Crippen LogP contribution in [0.3, 0.4) is 0 Å². The highest BCUT2D eigenvalue weighted by Crippen LogP contribution is 2.27. The van der Waals surface area contributed by atoms with Gasteiger partial charge in [-0.2, -0.15) is 5.10 Å². The summed E-state index contributed by atoms with van der Waals surface area (Å²) in [6.45, 7) is 15.1. The van der Waals surface area contributed by atoms with Crippen LogP contribution >= 0.6 is 0 Å². The smallest absolute Gasteiger partial charge is 0.252 e. The van der Waals surface area contributed by atoms with Gasteiger partial charge in [0, 0.05) is 49.4 Å². The molecule has 4 rings (SSSR count). The second kappa shape index (κ2) is 10.0. The molecule has 3 heterocycles. The van der Waals surface area contributed by atoms with Crippen molar-refractivity contribution >= 4 is 16.8 Å². The number of rotatable bonds is 7. The van der Waals surface area contributed by atoms with E-state index in [4.69, 9.17) is 9.72 Å². The van der Waals surface area contributed by atoms with E-state index in [9.17, 15) is 4.79 Å². The number of carbonyl (C=O) groups is 1. The third-order valence-electron chi connectivity index (χ3n) is 6.34. The molecular formula is C26H35N5O2. The van der Waals surface area contributed by atoms with Crippen LogP contribution in [0.4, 0.5) is 0 Å². The maximum absolute atomic E-state index is 13.0. The maximum atomic E-state index is 13.0. The number of fused-ring (bicyclic) bond motifs is 1. The number of aryl methyl sites for hydroxylation is 2. The van der Waals surface area contributed by atoms with E-state index in [1.165, 1.54) is 11.3 Å². The Morgan fingerprint density at radius 1 is 1.27 bits per heavy atom. The van der Waals surface area contributed by atoms with Crippen molar-refractivity contribution in [3.05, 3.63) is 58.5 Å². The highest BCUT2D eigenvalue weighted by molar-refractivity contribution is 6.06. The molecule has 7 nitrogen and oxygen atoms in total. The second-order valence-electron chi connectivity index (χ2n) is 9.28. The van der Waals surface area contributed by atoms with Crippen LogP contribution in [0.1, 0.15) is 59.9 Å². The molecule has 1 aromatic carbocycles. The van der Waals surface area contributed by atoms with Crippen molar-refractivity contribution in [1.29, 1.82) is 0 Å². The van der Waals surface area contributed by atoms with E-state index in [2.05, 4.69) is 54.6 Å². The molecule has 0 unspecified atom stereocenters. The van der Waals surface area contributed by atoms with E-state index < -0.39 is 0 Å². The van der Waals surface area contributed by atoms with E-state index in [0.717, 1.165) is 48.5 Å². The summed E-state index contributed by atoms with van der Waals surface area (Å²) < 4.78 is 8.21. The van der Waals surface area contributed by atoms with Gasteiger partial charge < -0.3 is 10.1 Å². The molecule has 1 fully saturated rings. The van der Waals surface area contributed by atoms with E-state index in [-0.39, 0.29) is 12.0 Å². The Labute approximate surface area is 196 Å². The zero-order valence-corrected chi connectivity index (χ0v) is 20.4. The van der Waals surface area contributed by atoms with Crippen LogP contribution in [0.5, 0.6) is 0 Å². The lowest BCUT2D eigenvalue weighted by Gasteiger charge is -2.33. The molecule has 0 saturated carbocycles. The Kier molecular flexibility index (Phi) is 7.10. The minimum atomic E-state index is -0.179. The fraction of sp³-hybridized carbons (Fsp3) is 0.500. The van der Waals surface area contributed by atoms with E-state index in [1.54, 1.807) is 0 Å². The number of nitrogens with zero attached hydrogens (tertiary/aromatic N) is 4. The summed E-state index contributed by atoms with van der Waals surface area (Å²) in [4.78, 5) is 20.3. The van der Waals surface area contributed by atoms with Crippen LogP contribution in [-0.2, 0) is 17.8 Å². The number of morpholine rings is 1. The molecule has 0 spiro atoms. The molecule has 2 aromatic heterocycles. The van der Waals surface area contributed by atoms with Gasteiger partial charge in [0.1, 0.15) is 6.10 Å². The Morgan fingerprint density at radius 2 is 2.06 bits per heavy atom. The molecule has 1 N–H and O–H groups in total. The highest BCUT2D eigenvalue weighted by atomic mass is 16.5. The van der Waals surface area contributed by atoms with Crippen molar-refractivity contribution in [2.75, 3.05) is 26.2 Å². The molecular weight excluding hydrogens is 414 g/mol. The van der Waals surface area contributed by atoms with Crippen molar-refractivity contribution in [2.24, 2.45) is 5.92 Å². The molecule has 0 bridgehead atoms. The van der Waals surface area contributed by atoms with Gasteiger partial charge >= 0.3 is 0 Å². The number of ether oxygens (including phenoxy) is 1. The van der Waals surface area contributed by atoms with Crippen LogP contribution in [-0.4, -0.2) is 51.8 Å². The van der Waals surface area contributed by atoms with Crippen LogP contribution < -0.4 is 5.32 Å². The lowest BCUT2D eigenvalue weighted by Crippen LogP contribution is -2.38. The molecule has 176 valence electrons. The number of amides is 1. The van der Waals surface area contributed by atoms with Crippen molar-refractivity contribution in [1.82, 2.24) is 25.0 Å². The van der Waals surface area contributed by atoms with Crippen LogP contribution in [0.2, 0.25) is 0 Å². The largest absolute Gasteiger partial charge is 0.369 e. The third kappa shape index (κ3) is 5.09. The first-order valence-electron chi connectivity index (χ1n) is 11.9. The Bertz CT molecular complexity index is 1140. The molecule has 33 heavy (non-hydrogen) atoms. The van der Waals surface area contributed by atoms with E-state index in [0.29, 0.717) is 24.6 Å². The first-order chi connectivity index (χ1) is 15.9. The van der Waals surface area contributed by atoms with Crippen LogP contribution in [0.15, 0.2) is 30.3 Å². The zero-order chi connectivity index (χ0) is 23.5. The summed E-state index contributed by atoms with van der Waals surface area (Å²) in [5.41, 5.74) is 5.90. The number of nitrogens with one attached hydrogen (secondary N) is 1. The van der Waals surface area contributed by atoms with Gasteiger partial charge in [0.25, 0.3) is 5.91 Å². The van der Waals surface area contributed by atoms with Gasteiger partial charge in [0.2, 0.25) is 0 Å². The standard InChI is InChI=1S/C26H35N5O2/c1-6-31-19(5)22(18(4)29-31)15-30-11-12-33-25(16-30)24-13-21(26(32)27-14-17(2)3)20-9-7-8-10-23(20)28-24/h7-10,13,17,25H,6,11-12,14-16H2,1-5H3,(H,27,32)/t25-/m1/s1. The van der Waals surface area contributed by atoms with Gasteiger partial charge in [0.05, 0.1) is 29.1 Å². The average molecular weight is 450 g/mol. The van der Waals surface area contributed by atoms with Gasteiger partial charge in [-0.05, 0) is 38.8 Å². The molecule has 7 heteroatoms. The number of carbonyl (C=O) groups excluding carboxylic acids is 1. The summed E-state index contributed by atoms with van der Waals surface area (Å²) >= 11 is 0. The summed E-state index contributed by atoms with van der Waals surface area (Å²) in [7, 11) is 0. The predicted molar refractivity (Wildman–Crippen MR) is 130 cm³/mol. The van der Waals surface area contributed by atoms with E-state index in [1.807, 2.05) is 30.3 Å². The summed E-state index contributed by atoms with van der Waals surface area (Å²) in [6.07, 6.45) is -0.179. The van der Waals surface area contributed by atoms with Crippen molar-refractivity contribution in [3.8, 4) is 0 Å². The summed E-state index contributed by atoms with van der Waals surface area (Å²) in [6, 6.07) is 9.74. The van der Waals surface area contributed by atoms with Gasteiger partial charge in [-0.1, -0.05) is 32.0 Å². The zero-order valence-electron chi connectivity index (χ0n) is 20.4. The molecule has 1 atom stereocenters. The molecule has 1 amide bonds. The average Bonchev–Trinajstić information content (AvgIpc) is 3.09. The van der Waals surface area contributed by atoms with Gasteiger partial charge in [-0.15, -0.1) is 0 Å². The normalized spacial score (nSPS) is 17.1. The molecule has 3 aromatic rings. The number of benzene rings is 1. The van der Waals surface area contributed by atoms with Gasteiger partial charge in [-0.3, -0.25) is 14.4 Å². The molecule has 0 aliphatic carbocycles.